The van der Waals surface area contributed by atoms with E-state index in [9.17, 15) is 14.4 Å². The van der Waals surface area contributed by atoms with Crippen molar-refractivity contribution in [3.63, 3.8) is 0 Å². The minimum Gasteiger partial charge on any atom is -0.358 e. The first-order chi connectivity index (χ1) is 13.6. The van der Waals surface area contributed by atoms with Gasteiger partial charge in [0.15, 0.2) is 0 Å². The molecule has 6 nitrogen and oxygen atoms in total. The number of nitrogens with zero attached hydrogens (tertiary/aromatic N) is 2. The summed E-state index contributed by atoms with van der Waals surface area (Å²) in [6.45, 7) is 3.34. The van der Waals surface area contributed by atoms with Gasteiger partial charge >= 0.3 is 0 Å². The highest BCUT2D eigenvalue weighted by Gasteiger charge is 2.30. The number of aromatic amines is 1. The number of para-hydroxylation sites is 1. The summed E-state index contributed by atoms with van der Waals surface area (Å²) in [4.78, 5) is 44.6. The third-order valence-corrected chi connectivity index (χ3v) is 5.19. The highest BCUT2D eigenvalue weighted by Crippen LogP contribution is 2.23. The van der Waals surface area contributed by atoms with Crippen LogP contribution in [0.5, 0.6) is 0 Å². The van der Waals surface area contributed by atoms with E-state index in [1.165, 1.54) is 0 Å². The quantitative estimate of drug-likeness (QED) is 0.565. The van der Waals surface area contributed by atoms with Crippen molar-refractivity contribution in [1.29, 1.82) is 0 Å². The van der Waals surface area contributed by atoms with Gasteiger partial charge in [-0.15, -0.1) is 0 Å². The van der Waals surface area contributed by atoms with Crippen molar-refractivity contribution in [2.24, 2.45) is 0 Å². The molecule has 6 heteroatoms. The van der Waals surface area contributed by atoms with E-state index in [4.69, 9.17) is 0 Å². The largest absolute Gasteiger partial charge is 0.358 e. The Hall–Kier alpha value is -3.41. The first kappa shape index (κ1) is 18.0. The van der Waals surface area contributed by atoms with E-state index < -0.39 is 11.7 Å². The molecule has 3 aromatic rings. The maximum atomic E-state index is 12.9. The molecule has 142 valence electrons. The van der Waals surface area contributed by atoms with Gasteiger partial charge in [-0.3, -0.25) is 14.4 Å². The zero-order chi connectivity index (χ0) is 19.7. The maximum absolute atomic E-state index is 12.9. The van der Waals surface area contributed by atoms with Gasteiger partial charge in [0.2, 0.25) is 0 Å². The van der Waals surface area contributed by atoms with Crippen LogP contribution >= 0.6 is 0 Å². The molecule has 2 aromatic carbocycles. The van der Waals surface area contributed by atoms with Crippen LogP contribution < -0.4 is 0 Å². The van der Waals surface area contributed by atoms with E-state index in [1.54, 1.807) is 28.9 Å². The van der Waals surface area contributed by atoms with Gasteiger partial charge in [0.05, 0.1) is 5.56 Å². The van der Waals surface area contributed by atoms with Crippen molar-refractivity contribution in [1.82, 2.24) is 14.8 Å². The minimum atomic E-state index is -0.514. The topological polar surface area (TPSA) is 73.5 Å². The summed E-state index contributed by atoms with van der Waals surface area (Å²) in [5.74, 6) is -1.07. The summed E-state index contributed by atoms with van der Waals surface area (Å²) >= 11 is 0. The number of hydrogen-bond donors (Lipinski definition) is 1. The lowest BCUT2D eigenvalue weighted by atomic mass is 10.1. The second-order valence-electron chi connectivity index (χ2n) is 6.95. The van der Waals surface area contributed by atoms with E-state index in [1.807, 2.05) is 42.5 Å². The molecule has 0 atom stereocenters. The van der Waals surface area contributed by atoms with Gasteiger partial charge in [-0.25, -0.2) is 0 Å². The van der Waals surface area contributed by atoms with Crippen LogP contribution in [0.2, 0.25) is 0 Å². The molecule has 1 N–H and O–H groups in total. The molecule has 0 unspecified atom stereocenters. The number of carbonyl (C=O) groups excluding carboxylic acids is 3. The zero-order valence-electron chi connectivity index (χ0n) is 15.6. The van der Waals surface area contributed by atoms with Gasteiger partial charge in [-0.2, -0.15) is 0 Å². The van der Waals surface area contributed by atoms with E-state index >= 15 is 0 Å². The monoisotopic (exact) mass is 375 g/mol. The number of H-pyrrole nitrogens is 1. The molecule has 2 amide bonds. The average molecular weight is 375 g/mol. The Kier molecular flexibility index (Phi) is 4.69. The Labute approximate surface area is 162 Å². The normalized spacial score (nSPS) is 14.3. The molecule has 0 aliphatic carbocycles. The second-order valence-corrected chi connectivity index (χ2v) is 6.95. The lowest BCUT2D eigenvalue weighted by Gasteiger charge is -2.34. The number of hydrogen-bond acceptors (Lipinski definition) is 3. The van der Waals surface area contributed by atoms with Crippen LogP contribution in [0.1, 0.15) is 26.4 Å². The van der Waals surface area contributed by atoms with Gasteiger partial charge in [-0.05, 0) is 25.1 Å². The Morgan fingerprint density at radius 3 is 2.14 bits per heavy atom. The van der Waals surface area contributed by atoms with Gasteiger partial charge in [0.25, 0.3) is 17.6 Å². The van der Waals surface area contributed by atoms with E-state index in [0.29, 0.717) is 43.0 Å². The molecule has 0 saturated carbocycles. The van der Waals surface area contributed by atoms with Gasteiger partial charge < -0.3 is 14.8 Å². The summed E-state index contributed by atoms with van der Waals surface area (Å²) in [7, 11) is 0. The number of amides is 2. The number of nitrogens with one attached hydrogen (secondary N) is 1. The Bertz CT molecular complexity index is 1050. The maximum Gasteiger partial charge on any atom is 0.295 e. The fraction of sp³-hybridized carbons (Fsp3) is 0.227. The molecule has 0 bridgehead atoms. The van der Waals surface area contributed by atoms with Crippen LogP contribution in [-0.2, 0) is 4.79 Å². The molecule has 4 rings (SSSR count). The number of aryl methyl sites for hydroxylation is 1. The van der Waals surface area contributed by atoms with Gasteiger partial charge in [0, 0.05) is 48.3 Å². The smallest absolute Gasteiger partial charge is 0.295 e. The predicted octanol–water partition coefficient (Wildman–Crippen LogP) is 2.64. The van der Waals surface area contributed by atoms with Crippen molar-refractivity contribution in [2.45, 2.75) is 6.92 Å². The van der Waals surface area contributed by atoms with E-state index in [0.717, 1.165) is 10.9 Å². The summed E-state index contributed by atoms with van der Waals surface area (Å²) in [5, 5.41) is 0.760. The number of Topliss-reactive ketones (excluding diaryl/α,β-unsaturated/α-hetero) is 1. The number of carbonyl (C=O) groups is 3. The molecule has 1 aliphatic rings. The van der Waals surface area contributed by atoms with Crippen LogP contribution in [0.15, 0.2) is 54.6 Å². The summed E-state index contributed by atoms with van der Waals surface area (Å²) in [6.07, 6.45) is 0. The Morgan fingerprint density at radius 2 is 1.43 bits per heavy atom. The van der Waals surface area contributed by atoms with Crippen molar-refractivity contribution in [3.05, 3.63) is 71.4 Å². The fourth-order valence-electron chi connectivity index (χ4n) is 3.70. The van der Waals surface area contributed by atoms with E-state index in [-0.39, 0.29) is 5.91 Å². The van der Waals surface area contributed by atoms with E-state index in [2.05, 4.69) is 4.98 Å². The summed E-state index contributed by atoms with van der Waals surface area (Å²) < 4.78 is 0. The molecule has 1 fully saturated rings. The van der Waals surface area contributed by atoms with Crippen molar-refractivity contribution in [2.75, 3.05) is 26.2 Å². The SMILES string of the molecule is Cc1[nH]c2ccccc2c1C(=O)C(=O)N1CCN(C(=O)c2ccccc2)CC1. The minimum absolute atomic E-state index is 0.0495. The van der Waals surface area contributed by atoms with Crippen LogP contribution in [-0.4, -0.2) is 58.6 Å². The third kappa shape index (κ3) is 3.17. The fourth-order valence-corrected chi connectivity index (χ4v) is 3.70. The number of piperazine rings is 1. The molecule has 0 radical (unpaired) electrons. The van der Waals surface area contributed by atoms with Crippen molar-refractivity contribution in [3.8, 4) is 0 Å². The number of rotatable bonds is 3. The Morgan fingerprint density at radius 1 is 0.821 bits per heavy atom. The van der Waals surface area contributed by atoms with Gasteiger partial charge in [-0.1, -0.05) is 36.4 Å². The lowest BCUT2D eigenvalue weighted by Crippen LogP contribution is -2.52. The first-order valence-corrected chi connectivity index (χ1v) is 9.31. The predicted molar refractivity (Wildman–Crippen MR) is 106 cm³/mol. The van der Waals surface area contributed by atoms with Crippen LogP contribution in [0, 0.1) is 6.92 Å². The average Bonchev–Trinajstić information content (AvgIpc) is 3.08. The molecule has 0 spiro atoms. The number of aromatic nitrogens is 1. The molecule has 1 aromatic heterocycles. The van der Waals surface area contributed by atoms with Crippen molar-refractivity contribution < 1.29 is 14.4 Å². The molecule has 1 saturated heterocycles. The lowest BCUT2D eigenvalue weighted by molar-refractivity contribution is -0.127. The molecule has 28 heavy (non-hydrogen) atoms. The summed E-state index contributed by atoms with van der Waals surface area (Å²) in [5.41, 5.74) is 2.60. The van der Waals surface area contributed by atoms with Gasteiger partial charge in [0.1, 0.15) is 0 Å². The standard InChI is InChI=1S/C22H21N3O3/c1-15-19(17-9-5-6-10-18(17)23-15)20(26)22(28)25-13-11-24(12-14-25)21(27)16-7-3-2-4-8-16/h2-10,23H,11-14H2,1H3. The highest BCUT2D eigenvalue weighted by atomic mass is 16.2. The zero-order valence-corrected chi connectivity index (χ0v) is 15.6. The molecule has 1 aliphatic heterocycles. The number of benzene rings is 2. The highest BCUT2D eigenvalue weighted by molar-refractivity contribution is 6.45. The van der Waals surface area contributed by atoms with Crippen LogP contribution in [0.25, 0.3) is 10.9 Å². The molecule has 2 heterocycles. The molecular formula is C22H21N3O3. The van der Waals surface area contributed by atoms with Crippen LogP contribution in [0.4, 0.5) is 0 Å². The van der Waals surface area contributed by atoms with Crippen LogP contribution in [0.3, 0.4) is 0 Å². The van der Waals surface area contributed by atoms with Crippen molar-refractivity contribution >= 4 is 28.5 Å². The number of fused-ring (bicyclic) bond motifs is 1. The third-order valence-electron chi connectivity index (χ3n) is 5.19. The molecular weight excluding hydrogens is 354 g/mol. The Balaban J connectivity index is 1.46. The summed E-state index contributed by atoms with van der Waals surface area (Å²) in [6, 6.07) is 16.6. The second kappa shape index (κ2) is 7.31. The number of ketones is 1. The first-order valence-electron chi connectivity index (χ1n) is 9.31.